The predicted molar refractivity (Wildman–Crippen MR) is 48.6 cm³/mol. The first kappa shape index (κ1) is 7.26. The van der Waals surface area contributed by atoms with E-state index in [0.717, 1.165) is 11.2 Å². The molecule has 1 aliphatic rings. The molecule has 2 heterocycles. The third-order valence-electron chi connectivity index (χ3n) is 2.18. The van der Waals surface area contributed by atoms with Crippen molar-refractivity contribution in [3.8, 4) is 0 Å². The molecule has 5 heteroatoms. The van der Waals surface area contributed by atoms with Gasteiger partial charge in [0.05, 0.1) is 6.04 Å². The number of hydrogen-bond acceptors (Lipinski definition) is 3. The summed E-state index contributed by atoms with van der Waals surface area (Å²) in [6.45, 7) is 0. The van der Waals surface area contributed by atoms with Crippen molar-refractivity contribution < 1.29 is 0 Å². The van der Waals surface area contributed by atoms with Gasteiger partial charge in [0.15, 0.2) is 5.65 Å². The van der Waals surface area contributed by atoms with Gasteiger partial charge in [-0.25, -0.2) is 9.67 Å². The summed E-state index contributed by atoms with van der Waals surface area (Å²) in [5.74, 6) is 0. The monoisotopic (exact) mass is 194 g/mol. The highest BCUT2D eigenvalue weighted by atomic mass is 35.5. The maximum atomic E-state index is 5.79. The van der Waals surface area contributed by atoms with Gasteiger partial charge in [0, 0.05) is 0 Å². The van der Waals surface area contributed by atoms with Crippen LogP contribution in [0.1, 0.15) is 18.9 Å². The minimum Gasteiger partial charge on any atom is -0.224 e. The smallest absolute Gasteiger partial charge is 0.180 e. The standard InChI is InChI=1S/C8H7ClN4/c9-7-4-3-6-8(10-7)13(12-11-6)5-1-2-5/h3-5H,1-2H2. The summed E-state index contributed by atoms with van der Waals surface area (Å²) in [6.07, 6.45) is 2.35. The van der Waals surface area contributed by atoms with E-state index in [-0.39, 0.29) is 0 Å². The Morgan fingerprint density at radius 2 is 2.23 bits per heavy atom. The third-order valence-corrected chi connectivity index (χ3v) is 2.39. The fourth-order valence-corrected chi connectivity index (χ4v) is 1.51. The Morgan fingerprint density at radius 1 is 1.38 bits per heavy atom. The molecule has 1 fully saturated rings. The van der Waals surface area contributed by atoms with Gasteiger partial charge in [-0.1, -0.05) is 16.8 Å². The number of aromatic nitrogens is 4. The minimum atomic E-state index is 0.496. The summed E-state index contributed by atoms with van der Waals surface area (Å²) in [7, 11) is 0. The molecule has 0 aliphatic heterocycles. The number of halogens is 1. The molecule has 0 spiro atoms. The molecule has 1 saturated carbocycles. The molecule has 2 aromatic heterocycles. The van der Waals surface area contributed by atoms with Gasteiger partial charge in [-0.2, -0.15) is 0 Å². The molecule has 0 radical (unpaired) electrons. The zero-order chi connectivity index (χ0) is 8.84. The van der Waals surface area contributed by atoms with Crippen molar-refractivity contribution in [3.05, 3.63) is 17.3 Å². The van der Waals surface area contributed by atoms with Crippen molar-refractivity contribution in [1.29, 1.82) is 0 Å². The lowest BCUT2D eigenvalue weighted by atomic mass is 10.4. The van der Waals surface area contributed by atoms with Crippen LogP contribution in [0.2, 0.25) is 5.15 Å². The molecular weight excluding hydrogens is 188 g/mol. The molecule has 0 aromatic carbocycles. The second-order valence-corrected chi connectivity index (χ2v) is 3.63. The molecule has 0 amide bonds. The van der Waals surface area contributed by atoms with E-state index in [2.05, 4.69) is 15.3 Å². The van der Waals surface area contributed by atoms with Crippen LogP contribution in [0, 0.1) is 0 Å². The molecule has 2 aromatic rings. The van der Waals surface area contributed by atoms with E-state index in [1.54, 1.807) is 6.07 Å². The molecule has 0 atom stereocenters. The van der Waals surface area contributed by atoms with Gasteiger partial charge in [0.1, 0.15) is 10.7 Å². The molecule has 1 aliphatic carbocycles. The first-order valence-corrected chi connectivity index (χ1v) is 4.60. The summed E-state index contributed by atoms with van der Waals surface area (Å²) in [6, 6.07) is 4.07. The highest BCUT2D eigenvalue weighted by Gasteiger charge is 2.27. The van der Waals surface area contributed by atoms with Crippen molar-refractivity contribution in [2.75, 3.05) is 0 Å². The van der Waals surface area contributed by atoms with Crippen LogP contribution in [0.25, 0.3) is 11.2 Å². The van der Waals surface area contributed by atoms with E-state index in [1.165, 1.54) is 12.8 Å². The third kappa shape index (κ3) is 1.09. The molecule has 13 heavy (non-hydrogen) atoms. The lowest BCUT2D eigenvalue weighted by molar-refractivity contribution is 0.625. The number of nitrogens with zero attached hydrogens (tertiary/aromatic N) is 4. The first-order valence-electron chi connectivity index (χ1n) is 4.22. The Labute approximate surface area is 79.5 Å². The molecular formula is C8H7ClN4. The van der Waals surface area contributed by atoms with Crippen LogP contribution in [0.4, 0.5) is 0 Å². The van der Waals surface area contributed by atoms with E-state index in [9.17, 15) is 0 Å². The summed E-state index contributed by atoms with van der Waals surface area (Å²) < 4.78 is 1.86. The Kier molecular flexibility index (Phi) is 1.35. The Hall–Kier alpha value is -1.16. The van der Waals surface area contributed by atoms with E-state index in [0.29, 0.717) is 11.2 Å². The van der Waals surface area contributed by atoms with Gasteiger partial charge < -0.3 is 0 Å². The fourth-order valence-electron chi connectivity index (χ4n) is 1.37. The maximum Gasteiger partial charge on any atom is 0.180 e. The highest BCUT2D eigenvalue weighted by molar-refractivity contribution is 6.29. The average molecular weight is 195 g/mol. The van der Waals surface area contributed by atoms with Crippen molar-refractivity contribution >= 4 is 22.8 Å². The summed E-state index contributed by atoms with van der Waals surface area (Å²) in [5.41, 5.74) is 1.62. The van der Waals surface area contributed by atoms with E-state index in [4.69, 9.17) is 11.6 Å². The van der Waals surface area contributed by atoms with E-state index >= 15 is 0 Å². The summed E-state index contributed by atoms with van der Waals surface area (Å²) in [5, 5.41) is 8.55. The van der Waals surface area contributed by atoms with Crippen LogP contribution < -0.4 is 0 Å². The fraction of sp³-hybridized carbons (Fsp3) is 0.375. The van der Waals surface area contributed by atoms with E-state index in [1.807, 2.05) is 10.7 Å². The SMILES string of the molecule is Clc1ccc2nnn(C3CC3)c2n1. The zero-order valence-corrected chi connectivity index (χ0v) is 7.57. The van der Waals surface area contributed by atoms with Crippen molar-refractivity contribution in [2.45, 2.75) is 18.9 Å². The number of rotatable bonds is 1. The molecule has 0 saturated heterocycles. The van der Waals surface area contributed by atoms with Gasteiger partial charge >= 0.3 is 0 Å². The van der Waals surface area contributed by atoms with Crippen LogP contribution in [0.5, 0.6) is 0 Å². The molecule has 0 N–H and O–H groups in total. The number of hydrogen-bond donors (Lipinski definition) is 0. The van der Waals surface area contributed by atoms with Crippen LogP contribution in [0.15, 0.2) is 12.1 Å². The second-order valence-electron chi connectivity index (χ2n) is 3.24. The van der Waals surface area contributed by atoms with Gasteiger partial charge in [-0.3, -0.25) is 0 Å². The van der Waals surface area contributed by atoms with Crippen molar-refractivity contribution in [1.82, 2.24) is 20.0 Å². The molecule has 4 nitrogen and oxygen atoms in total. The van der Waals surface area contributed by atoms with Gasteiger partial charge in [-0.05, 0) is 25.0 Å². The summed E-state index contributed by atoms with van der Waals surface area (Å²) in [4.78, 5) is 4.20. The maximum absolute atomic E-state index is 5.79. The normalized spacial score (nSPS) is 16.7. The Balaban J connectivity index is 2.29. The van der Waals surface area contributed by atoms with E-state index < -0.39 is 0 Å². The van der Waals surface area contributed by atoms with Crippen LogP contribution in [-0.2, 0) is 0 Å². The zero-order valence-electron chi connectivity index (χ0n) is 6.81. The topological polar surface area (TPSA) is 43.6 Å². The second kappa shape index (κ2) is 2.42. The molecule has 0 unspecified atom stereocenters. The Morgan fingerprint density at radius 3 is 3.00 bits per heavy atom. The van der Waals surface area contributed by atoms with Crippen LogP contribution in [0.3, 0.4) is 0 Å². The van der Waals surface area contributed by atoms with Crippen LogP contribution in [-0.4, -0.2) is 20.0 Å². The lowest BCUT2D eigenvalue weighted by Gasteiger charge is -1.96. The van der Waals surface area contributed by atoms with Crippen molar-refractivity contribution in [2.24, 2.45) is 0 Å². The van der Waals surface area contributed by atoms with Crippen molar-refractivity contribution in [3.63, 3.8) is 0 Å². The highest BCUT2D eigenvalue weighted by Crippen LogP contribution is 2.35. The predicted octanol–water partition coefficient (Wildman–Crippen LogP) is 1.81. The summed E-state index contributed by atoms with van der Waals surface area (Å²) >= 11 is 5.79. The van der Waals surface area contributed by atoms with Gasteiger partial charge in [0.25, 0.3) is 0 Å². The Bertz CT molecular complexity index is 460. The minimum absolute atomic E-state index is 0.496. The van der Waals surface area contributed by atoms with Gasteiger partial charge in [-0.15, -0.1) is 5.10 Å². The molecule has 66 valence electrons. The van der Waals surface area contributed by atoms with Crippen LogP contribution >= 0.6 is 11.6 Å². The number of pyridine rings is 1. The number of fused-ring (bicyclic) bond motifs is 1. The largest absolute Gasteiger partial charge is 0.224 e. The average Bonchev–Trinajstić information content (AvgIpc) is 2.87. The lowest BCUT2D eigenvalue weighted by Crippen LogP contribution is -1.97. The molecule has 3 rings (SSSR count). The van der Waals surface area contributed by atoms with Gasteiger partial charge in [0.2, 0.25) is 0 Å². The molecule has 0 bridgehead atoms. The first-order chi connectivity index (χ1) is 6.34. The quantitative estimate of drug-likeness (QED) is 0.651.